The van der Waals surface area contributed by atoms with Crippen LogP contribution in [0.3, 0.4) is 0 Å². The van der Waals surface area contributed by atoms with E-state index in [1.54, 1.807) is 85.8 Å². The van der Waals surface area contributed by atoms with Gasteiger partial charge in [0.2, 0.25) is 0 Å². The van der Waals surface area contributed by atoms with Gasteiger partial charge in [0.15, 0.2) is 23.2 Å². The maximum Gasteiger partial charge on any atom is 0.167 e. The van der Waals surface area contributed by atoms with Gasteiger partial charge in [-0.2, -0.15) is 0 Å². The molecule has 4 rings (SSSR count). The topological polar surface area (TPSA) is 18.5 Å². The van der Waals surface area contributed by atoms with E-state index in [2.05, 4.69) is 6.92 Å². The van der Waals surface area contributed by atoms with Crippen molar-refractivity contribution in [3.05, 3.63) is 107 Å². The van der Waals surface area contributed by atoms with Crippen LogP contribution in [0.15, 0.2) is 78.9 Å². The van der Waals surface area contributed by atoms with Crippen LogP contribution in [-0.2, 0) is 0 Å². The zero-order valence-corrected chi connectivity index (χ0v) is 20.9. The van der Waals surface area contributed by atoms with E-state index in [9.17, 15) is 4.39 Å². The predicted molar refractivity (Wildman–Crippen MR) is 144 cm³/mol. The highest BCUT2D eigenvalue weighted by molar-refractivity contribution is 5.75. The third-order valence-electron chi connectivity index (χ3n) is 5.96. The van der Waals surface area contributed by atoms with Gasteiger partial charge in [-0.25, -0.2) is 13.2 Å². The third-order valence-corrected chi connectivity index (χ3v) is 5.96. The Labute approximate surface area is 216 Å². The Morgan fingerprint density at radius 3 is 1.78 bits per heavy atom. The molecule has 4 aromatic rings. The highest BCUT2D eigenvalue weighted by Gasteiger charge is 2.16. The Morgan fingerprint density at radius 1 is 0.649 bits per heavy atom. The van der Waals surface area contributed by atoms with Crippen LogP contribution in [-0.4, -0.2) is 13.2 Å². The normalized spacial score (nSPS) is 11.2. The molecule has 0 aliphatic carbocycles. The maximum atomic E-state index is 15.1. The van der Waals surface area contributed by atoms with E-state index in [-0.39, 0.29) is 16.9 Å². The van der Waals surface area contributed by atoms with E-state index in [0.29, 0.717) is 35.7 Å². The summed E-state index contributed by atoms with van der Waals surface area (Å²) >= 11 is 0. The second kappa shape index (κ2) is 12.3. The van der Waals surface area contributed by atoms with Gasteiger partial charge in [0.1, 0.15) is 5.75 Å². The van der Waals surface area contributed by atoms with E-state index >= 15 is 8.78 Å². The Morgan fingerprint density at radius 2 is 1.22 bits per heavy atom. The lowest BCUT2D eigenvalue weighted by atomic mass is 9.98. The molecule has 4 aromatic carbocycles. The number of hydrogen-bond acceptors (Lipinski definition) is 2. The van der Waals surface area contributed by atoms with E-state index in [4.69, 9.17) is 9.47 Å². The lowest BCUT2D eigenvalue weighted by Crippen LogP contribution is -1.97. The molecule has 0 saturated heterocycles. The van der Waals surface area contributed by atoms with Crippen LogP contribution in [0.4, 0.5) is 13.2 Å². The van der Waals surface area contributed by atoms with Gasteiger partial charge in [-0.1, -0.05) is 80.1 Å². The van der Waals surface area contributed by atoms with Gasteiger partial charge < -0.3 is 9.47 Å². The van der Waals surface area contributed by atoms with Crippen molar-refractivity contribution in [3.8, 4) is 33.8 Å². The van der Waals surface area contributed by atoms with E-state index < -0.39 is 17.5 Å². The summed E-state index contributed by atoms with van der Waals surface area (Å²) < 4.78 is 55.0. The summed E-state index contributed by atoms with van der Waals surface area (Å²) in [5, 5.41) is 0. The summed E-state index contributed by atoms with van der Waals surface area (Å²) in [4.78, 5) is 0. The van der Waals surface area contributed by atoms with Crippen LogP contribution in [0.2, 0.25) is 0 Å². The van der Waals surface area contributed by atoms with Crippen LogP contribution in [0, 0.1) is 17.5 Å². The molecule has 0 unspecified atom stereocenters. The SMILES string of the molecule is CCCCOc1ccc(-c2ccc(-c3ccc(/C=C/c4ccc(OCC)c(F)c4)cc3)c(F)c2F)cc1. The second-order valence-corrected chi connectivity index (χ2v) is 8.59. The number of hydrogen-bond donors (Lipinski definition) is 0. The molecule has 0 radical (unpaired) electrons. The Kier molecular flexibility index (Phi) is 8.68. The van der Waals surface area contributed by atoms with Gasteiger partial charge in [-0.15, -0.1) is 0 Å². The summed E-state index contributed by atoms with van der Waals surface area (Å²) in [5.74, 6) is -1.28. The van der Waals surface area contributed by atoms with Crippen LogP contribution < -0.4 is 9.47 Å². The van der Waals surface area contributed by atoms with Crippen LogP contribution in [0.5, 0.6) is 11.5 Å². The highest BCUT2D eigenvalue weighted by Crippen LogP contribution is 2.32. The Bertz CT molecular complexity index is 1360. The van der Waals surface area contributed by atoms with Crippen molar-refractivity contribution >= 4 is 12.2 Å². The van der Waals surface area contributed by atoms with Gasteiger partial charge in [0, 0.05) is 11.1 Å². The molecule has 0 fully saturated rings. The van der Waals surface area contributed by atoms with Crippen molar-refractivity contribution in [1.82, 2.24) is 0 Å². The fourth-order valence-corrected chi connectivity index (χ4v) is 3.92. The summed E-state index contributed by atoms with van der Waals surface area (Å²) in [6.07, 6.45) is 5.61. The van der Waals surface area contributed by atoms with E-state index in [0.717, 1.165) is 18.4 Å². The van der Waals surface area contributed by atoms with Gasteiger partial charge in [-0.3, -0.25) is 0 Å². The van der Waals surface area contributed by atoms with Crippen LogP contribution >= 0.6 is 0 Å². The zero-order chi connectivity index (χ0) is 26.2. The Hall–Kier alpha value is -3.99. The first-order valence-electron chi connectivity index (χ1n) is 12.4. The van der Waals surface area contributed by atoms with Gasteiger partial charge in [0.25, 0.3) is 0 Å². The monoisotopic (exact) mass is 502 g/mol. The van der Waals surface area contributed by atoms with Gasteiger partial charge in [-0.05, 0) is 59.9 Å². The summed E-state index contributed by atoms with van der Waals surface area (Å²) in [6, 6.07) is 22.0. The molecule has 0 atom stereocenters. The molecule has 5 heteroatoms. The number of halogens is 3. The van der Waals surface area contributed by atoms with E-state index in [1.165, 1.54) is 6.07 Å². The van der Waals surface area contributed by atoms with Crippen molar-refractivity contribution in [1.29, 1.82) is 0 Å². The molecule has 0 bridgehead atoms. The van der Waals surface area contributed by atoms with Crippen molar-refractivity contribution < 1.29 is 22.6 Å². The molecule has 0 amide bonds. The van der Waals surface area contributed by atoms with Crippen molar-refractivity contribution in [3.63, 3.8) is 0 Å². The number of ether oxygens (including phenoxy) is 2. The van der Waals surface area contributed by atoms with Gasteiger partial charge in [0.05, 0.1) is 13.2 Å². The second-order valence-electron chi connectivity index (χ2n) is 8.59. The first-order valence-corrected chi connectivity index (χ1v) is 12.4. The third kappa shape index (κ3) is 6.42. The molecule has 0 aliphatic heterocycles. The standard InChI is InChI=1S/C32H29F3O2/c1-3-5-20-37-26-15-13-25(14-16-26)28-18-17-27(31(34)32(28)35)24-11-8-22(9-12-24)6-7-23-10-19-30(36-4-2)29(33)21-23/h6-19,21H,3-5,20H2,1-2H3/b7-6+. The highest BCUT2D eigenvalue weighted by atomic mass is 19.2. The molecule has 37 heavy (non-hydrogen) atoms. The molecule has 190 valence electrons. The first kappa shape index (κ1) is 26.1. The average Bonchev–Trinajstić information content (AvgIpc) is 2.91. The quantitative estimate of drug-likeness (QED) is 0.159. The molecule has 0 aliphatic rings. The van der Waals surface area contributed by atoms with Crippen molar-refractivity contribution in [2.24, 2.45) is 0 Å². The van der Waals surface area contributed by atoms with Crippen LogP contribution in [0.1, 0.15) is 37.8 Å². The molecule has 0 aromatic heterocycles. The average molecular weight is 503 g/mol. The lowest BCUT2D eigenvalue weighted by Gasteiger charge is -2.11. The first-order chi connectivity index (χ1) is 18.0. The molecule has 2 nitrogen and oxygen atoms in total. The Balaban J connectivity index is 1.48. The molecule has 0 N–H and O–H groups in total. The number of benzene rings is 4. The largest absolute Gasteiger partial charge is 0.494 e. The zero-order valence-electron chi connectivity index (χ0n) is 20.9. The van der Waals surface area contributed by atoms with Crippen molar-refractivity contribution in [2.45, 2.75) is 26.7 Å². The number of unbranched alkanes of at least 4 members (excludes halogenated alkanes) is 1. The summed E-state index contributed by atoms with van der Waals surface area (Å²) in [7, 11) is 0. The molecular formula is C32H29F3O2. The fourth-order valence-electron chi connectivity index (χ4n) is 3.92. The van der Waals surface area contributed by atoms with E-state index in [1.807, 2.05) is 6.08 Å². The lowest BCUT2D eigenvalue weighted by molar-refractivity contribution is 0.309. The minimum absolute atomic E-state index is 0.185. The summed E-state index contributed by atoms with van der Waals surface area (Å²) in [5.41, 5.74) is 3.06. The molecular weight excluding hydrogens is 473 g/mol. The minimum atomic E-state index is -0.895. The molecule has 0 spiro atoms. The minimum Gasteiger partial charge on any atom is -0.494 e. The van der Waals surface area contributed by atoms with Crippen molar-refractivity contribution in [2.75, 3.05) is 13.2 Å². The smallest absolute Gasteiger partial charge is 0.167 e. The molecule has 0 heterocycles. The fraction of sp³-hybridized carbons (Fsp3) is 0.188. The molecule has 0 saturated carbocycles. The predicted octanol–water partition coefficient (Wildman–Crippen LogP) is 9.19. The number of rotatable bonds is 10. The maximum absolute atomic E-state index is 15.1. The summed E-state index contributed by atoms with van der Waals surface area (Å²) in [6.45, 7) is 4.91. The van der Waals surface area contributed by atoms with Crippen LogP contribution in [0.25, 0.3) is 34.4 Å². The van der Waals surface area contributed by atoms with Gasteiger partial charge >= 0.3 is 0 Å².